The van der Waals surface area contributed by atoms with Crippen molar-refractivity contribution in [3.05, 3.63) is 75.1 Å². The molecular weight excluding hydrogens is 368 g/mol. The first-order valence-corrected chi connectivity index (χ1v) is 9.86. The minimum atomic E-state index is -0.500. The van der Waals surface area contributed by atoms with Gasteiger partial charge in [0.05, 0.1) is 5.39 Å². The van der Waals surface area contributed by atoms with Crippen LogP contribution in [0.1, 0.15) is 25.8 Å². The van der Waals surface area contributed by atoms with Gasteiger partial charge in [-0.3, -0.25) is 18.7 Å². The van der Waals surface area contributed by atoms with Crippen LogP contribution >= 0.6 is 0 Å². The third-order valence-corrected chi connectivity index (χ3v) is 4.79. The molecule has 0 unspecified atom stereocenters. The topological polar surface area (TPSA) is 86.0 Å². The van der Waals surface area contributed by atoms with Gasteiger partial charge in [-0.05, 0) is 36.5 Å². The summed E-state index contributed by atoms with van der Waals surface area (Å²) in [6.07, 6.45) is 2.92. The highest BCUT2D eigenvalue weighted by atomic mass is 16.2. The van der Waals surface area contributed by atoms with E-state index < -0.39 is 5.69 Å². The second-order valence-corrected chi connectivity index (χ2v) is 7.47. The Hall–Kier alpha value is -3.22. The molecule has 3 aromatic rings. The molecule has 2 heterocycles. The number of hydrogen-bond donors (Lipinski definition) is 1. The SMILES string of the molecule is CC(C)CCn1c(=O)c2cccnc2n(CC(=O)NCCc2ccccc2)c1=O. The molecule has 2 aromatic heterocycles. The Labute approximate surface area is 169 Å². The number of rotatable bonds is 8. The van der Waals surface area contributed by atoms with E-state index in [1.165, 1.54) is 15.3 Å². The van der Waals surface area contributed by atoms with E-state index in [1.54, 1.807) is 12.1 Å². The highest BCUT2D eigenvalue weighted by Crippen LogP contribution is 2.06. The Kier molecular flexibility index (Phi) is 6.59. The smallest absolute Gasteiger partial charge is 0.333 e. The Bertz CT molecular complexity index is 1100. The fourth-order valence-electron chi connectivity index (χ4n) is 3.17. The molecule has 0 saturated heterocycles. The van der Waals surface area contributed by atoms with Crippen LogP contribution in [0, 0.1) is 5.92 Å². The van der Waals surface area contributed by atoms with Gasteiger partial charge in [-0.1, -0.05) is 44.2 Å². The average molecular weight is 394 g/mol. The van der Waals surface area contributed by atoms with Crippen LogP contribution in [0.25, 0.3) is 11.0 Å². The van der Waals surface area contributed by atoms with E-state index >= 15 is 0 Å². The molecule has 7 nitrogen and oxygen atoms in total. The monoisotopic (exact) mass is 394 g/mol. The van der Waals surface area contributed by atoms with Crippen LogP contribution in [0.5, 0.6) is 0 Å². The fourth-order valence-corrected chi connectivity index (χ4v) is 3.17. The number of benzene rings is 1. The van der Waals surface area contributed by atoms with Gasteiger partial charge in [-0.15, -0.1) is 0 Å². The Morgan fingerprint density at radius 3 is 2.55 bits per heavy atom. The Balaban J connectivity index is 1.82. The van der Waals surface area contributed by atoms with E-state index in [0.717, 1.165) is 5.56 Å². The quantitative estimate of drug-likeness (QED) is 0.633. The van der Waals surface area contributed by atoms with Gasteiger partial charge in [-0.25, -0.2) is 9.78 Å². The lowest BCUT2D eigenvalue weighted by Gasteiger charge is -2.14. The Morgan fingerprint density at radius 1 is 1.07 bits per heavy atom. The molecule has 0 atom stereocenters. The molecule has 0 spiro atoms. The number of hydrogen-bond acceptors (Lipinski definition) is 4. The average Bonchev–Trinajstić information content (AvgIpc) is 2.71. The first-order valence-electron chi connectivity index (χ1n) is 9.86. The lowest BCUT2D eigenvalue weighted by Crippen LogP contribution is -2.43. The molecular formula is C22H26N4O3. The number of nitrogens with one attached hydrogen (secondary N) is 1. The third kappa shape index (κ3) is 4.99. The maximum atomic E-state index is 13.0. The predicted molar refractivity (Wildman–Crippen MR) is 113 cm³/mol. The highest BCUT2D eigenvalue weighted by molar-refractivity contribution is 5.79. The van der Waals surface area contributed by atoms with Gasteiger partial charge in [0.15, 0.2) is 0 Å². The zero-order chi connectivity index (χ0) is 20.8. The molecule has 1 N–H and O–H groups in total. The second-order valence-electron chi connectivity index (χ2n) is 7.47. The van der Waals surface area contributed by atoms with E-state index in [9.17, 15) is 14.4 Å². The third-order valence-electron chi connectivity index (χ3n) is 4.79. The second kappa shape index (κ2) is 9.32. The van der Waals surface area contributed by atoms with Gasteiger partial charge in [0.25, 0.3) is 5.56 Å². The zero-order valence-corrected chi connectivity index (χ0v) is 16.8. The minimum absolute atomic E-state index is 0.177. The molecule has 1 aromatic carbocycles. The van der Waals surface area contributed by atoms with Crippen molar-refractivity contribution in [1.82, 2.24) is 19.4 Å². The van der Waals surface area contributed by atoms with Crippen LogP contribution in [0.3, 0.4) is 0 Å². The lowest BCUT2D eigenvalue weighted by molar-refractivity contribution is -0.121. The Morgan fingerprint density at radius 2 is 1.83 bits per heavy atom. The largest absolute Gasteiger partial charge is 0.354 e. The van der Waals surface area contributed by atoms with Crippen molar-refractivity contribution >= 4 is 16.9 Å². The van der Waals surface area contributed by atoms with Gasteiger partial charge >= 0.3 is 5.69 Å². The van der Waals surface area contributed by atoms with Crippen molar-refractivity contribution < 1.29 is 4.79 Å². The standard InChI is InChI=1S/C22H26N4O3/c1-16(2)11-14-25-21(28)18-9-6-12-24-20(18)26(22(25)29)15-19(27)23-13-10-17-7-4-3-5-8-17/h3-9,12,16H,10-11,13-15H2,1-2H3,(H,23,27). The minimum Gasteiger partial charge on any atom is -0.354 e. The van der Waals surface area contributed by atoms with E-state index in [2.05, 4.69) is 10.3 Å². The van der Waals surface area contributed by atoms with Gasteiger partial charge < -0.3 is 5.32 Å². The zero-order valence-electron chi connectivity index (χ0n) is 16.8. The fraction of sp³-hybridized carbons (Fsp3) is 0.364. The molecule has 0 aliphatic heterocycles. The summed E-state index contributed by atoms with van der Waals surface area (Å²) < 4.78 is 2.50. The molecule has 3 rings (SSSR count). The summed E-state index contributed by atoms with van der Waals surface area (Å²) >= 11 is 0. The summed E-state index contributed by atoms with van der Waals surface area (Å²) in [5, 5.41) is 3.18. The predicted octanol–water partition coefficient (Wildman–Crippen LogP) is 1.96. The molecule has 0 saturated carbocycles. The molecule has 0 aliphatic carbocycles. The molecule has 29 heavy (non-hydrogen) atoms. The first-order chi connectivity index (χ1) is 14.0. The molecule has 0 bridgehead atoms. The summed E-state index contributed by atoms with van der Waals surface area (Å²) in [6, 6.07) is 13.1. The number of aromatic nitrogens is 3. The summed E-state index contributed by atoms with van der Waals surface area (Å²) in [7, 11) is 0. The van der Waals surface area contributed by atoms with Gasteiger partial charge in [0.1, 0.15) is 12.2 Å². The summed E-state index contributed by atoms with van der Waals surface area (Å²) in [4.78, 5) is 42.4. The van der Waals surface area contributed by atoms with Gasteiger partial charge in [0, 0.05) is 19.3 Å². The number of pyridine rings is 1. The molecule has 1 amide bonds. The first kappa shape index (κ1) is 20.5. The van der Waals surface area contributed by atoms with Crippen LogP contribution in [-0.4, -0.2) is 26.6 Å². The summed E-state index contributed by atoms with van der Waals surface area (Å²) in [5.41, 5.74) is 0.500. The van der Waals surface area contributed by atoms with Crippen molar-refractivity contribution in [2.45, 2.75) is 39.8 Å². The maximum absolute atomic E-state index is 13.0. The van der Waals surface area contributed by atoms with Crippen molar-refractivity contribution in [2.24, 2.45) is 5.92 Å². The molecule has 0 radical (unpaired) electrons. The molecule has 7 heteroatoms. The van der Waals surface area contributed by atoms with Gasteiger partial charge in [0.2, 0.25) is 5.91 Å². The number of fused-ring (bicyclic) bond motifs is 1. The van der Waals surface area contributed by atoms with Crippen molar-refractivity contribution in [2.75, 3.05) is 6.54 Å². The molecule has 0 aliphatic rings. The van der Waals surface area contributed by atoms with Crippen molar-refractivity contribution in [1.29, 1.82) is 0 Å². The van der Waals surface area contributed by atoms with Gasteiger partial charge in [-0.2, -0.15) is 0 Å². The lowest BCUT2D eigenvalue weighted by atomic mass is 10.1. The molecule has 0 fully saturated rings. The van der Waals surface area contributed by atoms with Crippen LogP contribution in [0.2, 0.25) is 0 Å². The van der Waals surface area contributed by atoms with Crippen LogP contribution in [0.15, 0.2) is 58.3 Å². The number of nitrogens with zero attached hydrogens (tertiary/aromatic N) is 3. The normalized spacial score (nSPS) is 11.1. The van der Waals surface area contributed by atoms with E-state index in [-0.39, 0.29) is 23.7 Å². The number of carbonyl (C=O) groups excluding carboxylic acids is 1. The van der Waals surface area contributed by atoms with Crippen LogP contribution in [-0.2, 0) is 24.3 Å². The van der Waals surface area contributed by atoms with Crippen molar-refractivity contribution in [3.63, 3.8) is 0 Å². The molecule has 152 valence electrons. The highest BCUT2D eigenvalue weighted by Gasteiger charge is 2.16. The number of amides is 1. The van der Waals surface area contributed by atoms with E-state index in [1.807, 2.05) is 44.2 Å². The van der Waals surface area contributed by atoms with E-state index in [0.29, 0.717) is 37.2 Å². The number of carbonyl (C=O) groups is 1. The maximum Gasteiger partial charge on any atom is 0.333 e. The van der Waals surface area contributed by atoms with E-state index in [4.69, 9.17) is 0 Å². The van der Waals surface area contributed by atoms with Crippen LogP contribution in [0.4, 0.5) is 0 Å². The summed E-state index contributed by atoms with van der Waals surface area (Å²) in [5.74, 6) is 0.0599. The van der Waals surface area contributed by atoms with Crippen LogP contribution < -0.4 is 16.6 Å². The van der Waals surface area contributed by atoms with Crippen molar-refractivity contribution in [3.8, 4) is 0 Å². The summed E-state index contributed by atoms with van der Waals surface area (Å²) in [6.45, 7) is 4.67.